The van der Waals surface area contributed by atoms with Crippen molar-refractivity contribution in [2.24, 2.45) is 0 Å². The van der Waals surface area contributed by atoms with Gasteiger partial charge in [-0.2, -0.15) is 0 Å². The van der Waals surface area contributed by atoms with Crippen LogP contribution in [-0.4, -0.2) is 23.0 Å². The standard InChI is InChI=1S/C27H25FN2O/c28-24-11-8-21(9-12-24)20-6-4-19(5-7-20)18-30-16-14-22(15-17-30)25-3-1-2-23-10-13-26(31)29-27(23)25/h1-13,22H,14-18H2,(H,29,31). The molecule has 3 nitrogen and oxygen atoms in total. The van der Waals surface area contributed by atoms with Gasteiger partial charge in [-0.1, -0.05) is 54.6 Å². The summed E-state index contributed by atoms with van der Waals surface area (Å²) in [6.45, 7) is 3.01. The van der Waals surface area contributed by atoms with E-state index in [1.54, 1.807) is 6.07 Å². The fraction of sp³-hybridized carbons (Fsp3) is 0.222. The van der Waals surface area contributed by atoms with Crippen LogP contribution >= 0.6 is 0 Å². The molecular weight excluding hydrogens is 387 g/mol. The van der Waals surface area contributed by atoms with Crippen LogP contribution in [0.1, 0.15) is 29.9 Å². The highest BCUT2D eigenvalue weighted by Gasteiger charge is 2.22. The van der Waals surface area contributed by atoms with Gasteiger partial charge in [-0.05, 0) is 77.7 Å². The van der Waals surface area contributed by atoms with E-state index in [0.717, 1.165) is 54.5 Å². The molecule has 5 rings (SSSR count). The number of halogens is 1. The Balaban J connectivity index is 1.24. The van der Waals surface area contributed by atoms with E-state index >= 15 is 0 Å². The SMILES string of the molecule is O=c1ccc2cccc(C3CCN(Cc4ccc(-c5ccc(F)cc5)cc4)CC3)c2[nH]1. The first kappa shape index (κ1) is 19.7. The second kappa shape index (κ2) is 8.48. The quantitative estimate of drug-likeness (QED) is 0.466. The van der Waals surface area contributed by atoms with Crippen molar-refractivity contribution in [3.8, 4) is 11.1 Å². The molecule has 0 spiro atoms. The van der Waals surface area contributed by atoms with Gasteiger partial charge in [-0.15, -0.1) is 0 Å². The molecule has 156 valence electrons. The average molecular weight is 413 g/mol. The number of para-hydroxylation sites is 1. The van der Waals surface area contributed by atoms with Gasteiger partial charge in [0.1, 0.15) is 5.82 Å². The molecule has 1 saturated heterocycles. The van der Waals surface area contributed by atoms with E-state index in [4.69, 9.17) is 0 Å². The summed E-state index contributed by atoms with van der Waals surface area (Å²) in [5, 5.41) is 1.10. The lowest BCUT2D eigenvalue weighted by Crippen LogP contribution is -2.32. The molecule has 0 radical (unpaired) electrons. The highest BCUT2D eigenvalue weighted by molar-refractivity contribution is 5.82. The zero-order chi connectivity index (χ0) is 21.2. The summed E-state index contributed by atoms with van der Waals surface area (Å²) in [6, 6.07) is 25.0. The number of hydrogen-bond donors (Lipinski definition) is 1. The van der Waals surface area contributed by atoms with Gasteiger partial charge in [-0.25, -0.2) is 4.39 Å². The Morgan fingerprint density at radius 2 is 1.52 bits per heavy atom. The number of rotatable bonds is 4. The Labute approximate surface area is 181 Å². The summed E-state index contributed by atoms with van der Waals surface area (Å²) >= 11 is 0. The van der Waals surface area contributed by atoms with Gasteiger partial charge in [0.2, 0.25) is 5.56 Å². The van der Waals surface area contributed by atoms with Crippen molar-refractivity contribution < 1.29 is 4.39 Å². The second-order valence-electron chi connectivity index (χ2n) is 8.39. The number of nitrogens with zero attached hydrogens (tertiary/aromatic N) is 1. The molecule has 0 amide bonds. The summed E-state index contributed by atoms with van der Waals surface area (Å²) in [6.07, 6.45) is 2.17. The molecule has 4 aromatic rings. The minimum atomic E-state index is -0.210. The Bertz CT molecular complexity index is 1240. The van der Waals surface area contributed by atoms with E-state index < -0.39 is 0 Å². The molecule has 0 aliphatic carbocycles. The molecule has 2 heterocycles. The first-order valence-electron chi connectivity index (χ1n) is 10.8. The molecule has 1 N–H and O–H groups in total. The lowest BCUT2D eigenvalue weighted by atomic mass is 9.88. The third-order valence-corrected chi connectivity index (χ3v) is 6.36. The van der Waals surface area contributed by atoms with Crippen LogP contribution in [0.3, 0.4) is 0 Å². The number of H-pyrrole nitrogens is 1. The van der Waals surface area contributed by atoms with Gasteiger partial charge < -0.3 is 4.98 Å². The zero-order valence-electron chi connectivity index (χ0n) is 17.4. The van der Waals surface area contributed by atoms with Crippen LogP contribution in [0.5, 0.6) is 0 Å². The second-order valence-corrected chi connectivity index (χ2v) is 8.39. The van der Waals surface area contributed by atoms with Crippen LogP contribution in [0.2, 0.25) is 0 Å². The van der Waals surface area contributed by atoms with Crippen LogP contribution in [0, 0.1) is 5.82 Å². The number of piperidine rings is 1. The smallest absolute Gasteiger partial charge is 0.248 e. The number of benzene rings is 3. The molecule has 0 saturated carbocycles. The van der Waals surface area contributed by atoms with E-state index in [1.807, 2.05) is 18.2 Å². The number of aromatic amines is 1. The maximum absolute atomic E-state index is 13.1. The predicted octanol–water partition coefficient (Wildman–Crippen LogP) is 5.71. The van der Waals surface area contributed by atoms with Gasteiger partial charge >= 0.3 is 0 Å². The molecule has 0 bridgehead atoms. The lowest BCUT2D eigenvalue weighted by Gasteiger charge is -2.32. The third kappa shape index (κ3) is 4.30. The maximum atomic E-state index is 13.1. The van der Waals surface area contributed by atoms with Gasteiger partial charge in [0.05, 0.1) is 5.52 Å². The number of hydrogen-bond acceptors (Lipinski definition) is 2. The van der Waals surface area contributed by atoms with E-state index in [0.29, 0.717) is 5.92 Å². The van der Waals surface area contributed by atoms with Crippen LogP contribution < -0.4 is 5.56 Å². The predicted molar refractivity (Wildman–Crippen MR) is 124 cm³/mol. The summed E-state index contributed by atoms with van der Waals surface area (Å²) in [5.74, 6) is 0.262. The molecule has 4 heteroatoms. The molecule has 1 aliphatic rings. The largest absolute Gasteiger partial charge is 0.322 e. The third-order valence-electron chi connectivity index (χ3n) is 6.36. The van der Waals surface area contributed by atoms with Crippen molar-refractivity contribution in [2.45, 2.75) is 25.3 Å². The fourth-order valence-electron chi connectivity index (χ4n) is 4.65. The first-order valence-corrected chi connectivity index (χ1v) is 10.8. The Morgan fingerprint density at radius 1 is 0.839 bits per heavy atom. The summed E-state index contributed by atoms with van der Waals surface area (Å²) in [7, 11) is 0. The van der Waals surface area contributed by atoms with Gasteiger partial charge in [-0.3, -0.25) is 9.69 Å². The average Bonchev–Trinajstić information content (AvgIpc) is 2.80. The Morgan fingerprint density at radius 3 is 2.23 bits per heavy atom. The van der Waals surface area contributed by atoms with Crippen molar-refractivity contribution in [1.29, 1.82) is 0 Å². The highest BCUT2D eigenvalue weighted by Crippen LogP contribution is 2.32. The maximum Gasteiger partial charge on any atom is 0.248 e. The summed E-state index contributed by atoms with van der Waals surface area (Å²) in [5.41, 5.74) is 5.64. The summed E-state index contributed by atoms with van der Waals surface area (Å²) in [4.78, 5) is 17.4. The molecule has 1 aromatic heterocycles. The fourth-order valence-corrected chi connectivity index (χ4v) is 4.65. The zero-order valence-corrected chi connectivity index (χ0v) is 17.4. The van der Waals surface area contributed by atoms with Crippen molar-refractivity contribution in [2.75, 3.05) is 13.1 Å². The number of nitrogens with one attached hydrogen (secondary N) is 1. The van der Waals surface area contributed by atoms with E-state index in [1.165, 1.54) is 23.3 Å². The number of aromatic nitrogens is 1. The molecule has 1 fully saturated rings. The molecule has 0 unspecified atom stereocenters. The van der Waals surface area contributed by atoms with Crippen molar-refractivity contribution in [1.82, 2.24) is 9.88 Å². The lowest BCUT2D eigenvalue weighted by molar-refractivity contribution is 0.205. The van der Waals surface area contributed by atoms with Crippen molar-refractivity contribution in [3.63, 3.8) is 0 Å². The van der Waals surface area contributed by atoms with Crippen LogP contribution in [0.15, 0.2) is 83.7 Å². The Kier molecular flexibility index (Phi) is 5.39. The van der Waals surface area contributed by atoms with Crippen molar-refractivity contribution in [3.05, 3.63) is 106 Å². The van der Waals surface area contributed by atoms with Crippen LogP contribution in [0.4, 0.5) is 4.39 Å². The topological polar surface area (TPSA) is 36.1 Å². The minimum Gasteiger partial charge on any atom is -0.322 e. The molecule has 0 atom stereocenters. The van der Waals surface area contributed by atoms with Gasteiger partial charge in [0.25, 0.3) is 0 Å². The number of fused-ring (bicyclic) bond motifs is 1. The molecule has 3 aromatic carbocycles. The number of likely N-dealkylation sites (tertiary alicyclic amines) is 1. The van der Waals surface area contributed by atoms with Crippen LogP contribution in [0.25, 0.3) is 22.0 Å². The molecule has 1 aliphatic heterocycles. The highest BCUT2D eigenvalue weighted by atomic mass is 19.1. The van der Waals surface area contributed by atoms with Gasteiger partial charge in [0, 0.05) is 12.6 Å². The summed E-state index contributed by atoms with van der Waals surface area (Å²) < 4.78 is 13.1. The minimum absolute atomic E-state index is 0.0403. The monoisotopic (exact) mass is 412 g/mol. The van der Waals surface area contributed by atoms with Gasteiger partial charge in [0.15, 0.2) is 0 Å². The number of pyridine rings is 1. The first-order chi connectivity index (χ1) is 15.2. The molecule has 31 heavy (non-hydrogen) atoms. The normalized spacial score (nSPS) is 15.4. The van der Waals surface area contributed by atoms with Crippen LogP contribution in [-0.2, 0) is 6.54 Å². The van der Waals surface area contributed by atoms with E-state index in [-0.39, 0.29) is 11.4 Å². The van der Waals surface area contributed by atoms with Crippen molar-refractivity contribution >= 4 is 10.9 Å². The van der Waals surface area contributed by atoms with E-state index in [9.17, 15) is 9.18 Å². The van der Waals surface area contributed by atoms with E-state index in [2.05, 4.69) is 52.3 Å². The Hall–Kier alpha value is -3.24. The molecular formula is C27H25FN2O.